The van der Waals surface area contributed by atoms with Gasteiger partial charge in [-0.25, -0.2) is 4.79 Å². The van der Waals surface area contributed by atoms with Crippen LogP contribution in [0.2, 0.25) is 0 Å². The Morgan fingerprint density at radius 2 is 1.53 bits per heavy atom. The molecule has 1 aromatic carbocycles. The molecule has 12 nitrogen and oxygen atoms in total. The van der Waals surface area contributed by atoms with Crippen LogP contribution < -0.4 is 0 Å². The zero-order valence-corrected chi connectivity index (χ0v) is 35.4. The quantitative estimate of drug-likeness (QED) is 0.150. The standard InChI is InChI=1S/C43H70N2O10/c1-13-28(6)38(44(10)41(51)31(26(2)3)24-35(50)37(27(4)5)45(11)42(52)55-43(7,8)9)34(49)23-30(47)20-22-36-32(25-46)39(53-12)40(54-36)33(48)21-19-29-17-15-14-16-18-29/h14-18,26-28,31-32,34,36-40,46,49H,13,19-25H2,1-12H3/t28-,31-,32+,34+,36?,37-,38?,39-,40?/m0/s1. The molecule has 2 rings (SSSR count). The lowest BCUT2D eigenvalue weighted by Gasteiger charge is -2.39. The summed E-state index contributed by atoms with van der Waals surface area (Å²) in [4.78, 5) is 70.3. The highest BCUT2D eigenvalue weighted by atomic mass is 16.6. The maximum Gasteiger partial charge on any atom is 0.410 e. The molecule has 1 saturated heterocycles. The minimum Gasteiger partial charge on any atom is -0.444 e. The first-order valence-electron chi connectivity index (χ1n) is 20.0. The normalized spacial score (nSPS) is 21.5. The molecule has 0 radical (unpaired) electrons. The van der Waals surface area contributed by atoms with Crippen molar-refractivity contribution in [3.05, 3.63) is 35.9 Å². The van der Waals surface area contributed by atoms with Crippen molar-refractivity contribution in [1.82, 2.24) is 9.80 Å². The second kappa shape index (κ2) is 21.9. The predicted molar refractivity (Wildman–Crippen MR) is 211 cm³/mol. The maximum atomic E-state index is 14.2. The fourth-order valence-electron chi connectivity index (χ4n) is 7.77. The molecule has 2 N–H and O–H groups in total. The number of aliphatic hydroxyl groups is 2. The lowest BCUT2D eigenvalue weighted by molar-refractivity contribution is -0.145. The molecule has 0 spiro atoms. The van der Waals surface area contributed by atoms with Gasteiger partial charge >= 0.3 is 6.09 Å². The van der Waals surface area contributed by atoms with Crippen LogP contribution in [0.1, 0.15) is 106 Å². The molecule has 1 fully saturated rings. The van der Waals surface area contributed by atoms with Crippen LogP contribution in [0.3, 0.4) is 0 Å². The van der Waals surface area contributed by atoms with Gasteiger partial charge in [0.1, 0.15) is 17.5 Å². The number of nitrogens with zero attached hydrogens (tertiary/aromatic N) is 2. The van der Waals surface area contributed by atoms with Crippen LogP contribution in [0.4, 0.5) is 4.79 Å². The van der Waals surface area contributed by atoms with E-state index >= 15 is 0 Å². The van der Waals surface area contributed by atoms with Crippen molar-refractivity contribution >= 4 is 29.4 Å². The summed E-state index contributed by atoms with van der Waals surface area (Å²) in [7, 11) is 4.62. The lowest BCUT2D eigenvalue weighted by Crippen LogP contribution is -2.52. The summed E-state index contributed by atoms with van der Waals surface area (Å²) in [6, 6.07) is 8.15. The van der Waals surface area contributed by atoms with E-state index in [1.54, 1.807) is 27.8 Å². The third kappa shape index (κ3) is 13.8. The Morgan fingerprint density at radius 3 is 2.04 bits per heavy atom. The van der Waals surface area contributed by atoms with Gasteiger partial charge in [0.05, 0.1) is 37.0 Å². The van der Waals surface area contributed by atoms with E-state index in [0.29, 0.717) is 12.8 Å². The van der Waals surface area contributed by atoms with E-state index in [9.17, 15) is 34.2 Å². The van der Waals surface area contributed by atoms with Crippen LogP contribution in [-0.2, 0) is 39.8 Å². The molecule has 9 atom stereocenters. The van der Waals surface area contributed by atoms with Crippen molar-refractivity contribution in [3.63, 3.8) is 0 Å². The van der Waals surface area contributed by atoms with Crippen LogP contribution in [-0.4, -0.2) is 119 Å². The highest BCUT2D eigenvalue weighted by Crippen LogP contribution is 2.34. The molecule has 0 aliphatic carbocycles. The van der Waals surface area contributed by atoms with Crippen molar-refractivity contribution in [1.29, 1.82) is 0 Å². The number of aryl methyl sites for hydroxylation is 1. The van der Waals surface area contributed by atoms with Crippen LogP contribution in [0.5, 0.6) is 0 Å². The van der Waals surface area contributed by atoms with Crippen LogP contribution in [0.15, 0.2) is 30.3 Å². The van der Waals surface area contributed by atoms with E-state index < -0.39 is 60.0 Å². The number of carbonyl (C=O) groups is 5. The molecule has 0 aromatic heterocycles. The van der Waals surface area contributed by atoms with Gasteiger partial charge in [0.15, 0.2) is 11.6 Å². The summed E-state index contributed by atoms with van der Waals surface area (Å²) in [5.74, 6) is -2.82. The highest BCUT2D eigenvalue weighted by Gasteiger charge is 2.47. The fraction of sp³-hybridized carbons (Fsp3) is 0.744. The van der Waals surface area contributed by atoms with Gasteiger partial charge in [-0.15, -0.1) is 0 Å². The summed E-state index contributed by atoms with van der Waals surface area (Å²) < 4.78 is 17.3. The molecule has 1 aromatic rings. The van der Waals surface area contributed by atoms with Gasteiger partial charge in [0, 0.05) is 58.7 Å². The van der Waals surface area contributed by atoms with Gasteiger partial charge in [0.2, 0.25) is 5.91 Å². The molecule has 1 aliphatic rings. The second-order valence-corrected chi connectivity index (χ2v) is 17.1. The largest absolute Gasteiger partial charge is 0.444 e. The number of ketones is 3. The number of Topliss-reactive ketones (excluding diaryl/α,β-unsaturated/α-hetero) is 3. The molecule has 1 heterocycles. The van der Waals surface area contributed by atoms with Gasteiger partial charge in [-0.3, -0.25) is 19.2 Å². The number of carbonyl (C=O) groups excluding carboxylic acids is 5. The third-order valence-electron chi connectivity index (χ3n) is 11.0. The number of hydrogen-bond acceptors (Lipinski definition) is 10. The van der Waals surface area contributed by atoms with Crippen molar-refractivity contribution in [2.45, 2.75) is 149 Å². The summed E-state index contributed by atoms with van der Waals surface area (Å²) in [5, 5.41) is 21.8. The number of hydrogen-bond donors (Lipinski definition) is 2. The predicted octanol–water partition coefficient (Wildman–Crippen LogP) is 5.68. The third-order valence-corrected chi connectivity index (χ3v) is 11.0. The summed E-state index contributed by atoms with van der Waals surface area (Å²) >= 11 is 0. The number of amides is 2. The Bertz CT molecular complexity index is 1390. The molecule has 0 bridgehead atoms. The van der Waals surface area contributed by atoms with E-state index in [-0.39, 0.29) is 79.7 Å². The highest BCUT2D eigenvalue weighted by molar-refractivity contribution is 5.92. The molecular formula is C43H70N2O10. The average molecular weight is 775 g/mol. The van der Waals surface area contributed by atoms with Crippen molar-refractivity contribution in [2.24, 2.45) is 29.6 Å². The number of methoxy groups -OCH3 is 1. The maximum absolute atomic E-state index is 14.2. The molecule has 312 valence electrons. The van der Waals surface area contributed by atoms with Crippen LogP contribution in [0, 0.1) is 29.6 Å². The lowest BCUT2D eigenvalue weighted by atomic mass is 9.83. The number of ether oxygens (including phenoxy) is 3. The second-order valence-electron chi connectivity index (χ2n) is 17.1. The van der Waals surface area contributed by atoms with E-state index in [2.05, 4.69) is 0 Å². The van der Waals surface area contributed by atoms with Gasteiger partial charge < -0.3 is 34.2 Å². The molecule has 2 amide bonds. The smallest absolute Gasteiger partial charge is 0.410 e. The van der Waals surface area contributed by atoms with E-state index in [0.717, 1.165) is 5.56 Å². The first-order valence-corrected chi connectivity index (χ1v) is 20.0. The summed E-state index contributed by atoms with van der Waals surface area (Å²) in [6.45, 7) is 16.3. The molecular weight excluding hydrogens is 704 g/mol. The van der Waals surface area contributed by atoms with Crippen LogP contribution >= 0.6 is 0 Å². The van der Waals surface area contributed by atoms with Crippen molar-refractivity contribution in [2.75, 3.05) is 27.8 Å². The Labute approximate surface area is 329 Å². The molecule has 3 unspecified atom stereocenters. The van der Waals surface area contributed by atoms with Gasteiger partial charge in [0.25, 0.3) is 0 Å². The molecule has 12 heteroatoms. The van der Waals surface area contributed by atoms with Crippen LogP contribution in [0.25, 0.3) is 0 Å². The Kier molecular flexibility index (Phi) is 19.1. The Morgan fingerprint density at radius 1 is 0.909 bits per heavy atom. The van der Waals surface area contributed by atoms with Crippen molar-refractivity contribution < 1.29 is 48.4 Å². The zero-order chi connectivity index (χ0) is 41.8. The van der Waals surface area contributed by atoms with E-state index in [4.69, 9.17) is 14.2 Å². The Balaban J connectivity index is 2.14. The fourth-order valence-corrected chi connectivity index (χ4v) is 7.77. The first-order chi connectivity index (χ1) is 25.7. The Hall–Kier alpha value is -3.19. The number of aliphatic hydroxyl groups excluding tert-OH is 2. The van der Waals surface area contributed by atoms with Gasteiger partial charge in [-0.05, 0) is 56.9 Å². The molecule has 1 aliphatic heterocycles. The SMILES string of the molecule is CC[C@H](C)C([C@H](O)CC(=O)CCC1OC(C(=O)CCc2ccccc2)[C@@H](OC)[C@@H]1CO)N(C)C(=O)[C@@H](CC(=O)[C@H](C(C)C)N(C)C(=O)OC(C)(C)C)C(C)C. The number of benzene rings is 1. The monoisotopic (exact) mass is 775 g/mol. The number of rotatable bonds is 22. The molecule has 55 heavy (non-hydrogen) atoms. The number of likely N-dealkylation sites (N-methyl/N-ethyl adjacent to an activating group) is 2. The molecule has 0 saturated carbocycles. The van der Waals surface area contributed by atoms with Gasteiger partial charge in [-0.2, -0.15) is 0 Å². The average Bonchev–Trinajstić information content (AvgIpc) is 3.48. The summed E-state index contributed by atoms with van der Waals surface area (Å²) in [6.07, 6.45) is -2.53. The van der Waals surface area contributed by atoms with E-state index in [1.165, 1.54) is 24.0 Å². The topological polar surface area (TPSA) is 160 Å². The summed E-state index contributed by atoms with van der Waals surface area (Å²) in [5.41, 5.74) is 0.287. The van der Waals surface area contributed by atoms with Gasteiger partial charge in [-0.1, -0.05) is 78.3 Å². The van der Waals surface area contributed by atoms with E-state index in [1.807, 2.05) is 71.9 Å². The minimum atomic E-state index is -1.18. The first kappa shape index (κ1) is 48.0. The van der Waals surface area contributed by atoms with Crippen molar-refractivity contribution in [3.8, 4) is 0 Å². The zero-order valence-electron chi connectivity index (χ0n) is 35.4. The minimum absolute atomic E-state index is 0.0371.